The van der Waals surface area contributed by atoms with Crippen molar-refractivity contribution in [3.05, 3.63) is 48.6 Å². The van der Waals surface area contributed by atoms with E-state index >= 15 is 0 Å². The maximum Gasteiger partial charge on any atom is 0.305 e. The van der Waals surface area contributed by atoms with Crippen molar-refractivity contribution >= 4 is 17.8 Å². The number of aliphatic hydroxyl groups is 1. The van der Waals surface area contributed by atoms with Gasteiger partial charge in [-0.3, -0.25) is 14.4 Å². The van der Waals surface area contributed by atoms with Gasteiger partial charge in [-0.2, -0.15) is 0 Å². The monoisotopic (exact) mass is 760 g/mol. The van der Waals surface area contributed by atoms with E-state index in [-0.39, 0.29) is 57.3 Å². The summed E-state index contributed by atoms with van der Waals surface area (Å²) >= 11 is 0. The van der Waals surface area contributed by atoms with E-state index < -0.39 is 0 Å². The summed E-state index contributed by atoms with van der Waals surface area (Å²) in [6.07, 6.45) is 43.8. The Hall–Kier alpha value is -2.71. The lowest BCUT2D eigenvalue weighted by atomic mass is 10.1. The first-order chi connectivity index (χ1) is 26.3. The van der Waals surface area contributed by atoms with Gasteiger partial charge in [-0.15, -0.1) is 0 Å². The molecule has 54 heavy (non-hydrogen) atoms. The van der Waals surface area contributed by atoms with Gasteiger partial charge in [0.05, 0.1) is 33.8 Å². The largest absolute Gasteiger partial charge is 0.464 e. The van der Waals surface area contributed by atoms with Gasteiger partial charge in [0.15, 0.2) is 6.54 Å². The highest BCUT2D eigenvalue weighted by atomic mass is 16.5. The Kier molecular flexibility index (Phi) is 36.6. The molecule has 0 radical (unpaired) electrons. The molecule has 0 bridgehead atoms. The summed E-state index contributed by atoms with van der Waals surface area (Å²) in [5, 5.41) is 9.40. The molecular weight excluding hydrogens is 677 g/mol. The molecule has 0 aliphatic carbocycles. The fourth-order valence-corrected chi connectivity index (χ4v) is 6.02. The number of rotatable bonds is 38. The van der Waals surface area contributed by atoms with Crippen molar-refractivity contribution in [1.82, 2.24) is 4.90 Å². The average molecular weight is 760 g/mol. The Morgan fingerprint density at radius 1 is 0.537 bits per heavy atom. The normalized spacial score (nSPS) is 12.2. The summed E-state index contributed by atoms with van der Waals surface area (Å²) in [6, 6.07) is 0. The first kappa shape index (κ1) is 51.3. The standard InChI is InChI=1S/C46H83N2O6/c1-5-7-9-11-13-15-17-19-21-23-25-27-29-31-33-35-45(51)53-41-37-47(44(50)43-48(3,4)39-40-49)38-42-54-46(52)36-34-32-30-28-26-24-22-20-18-16-14-12-10-8-6-2/h13-16,19-22,49H,5-12,17-18,23-43H2,1-4H3/q+1/b15-13+,16-14+,21-19+,22-20+. The van der Waals surface area contributed by atoms with E-state index in [1.807, 2.05) is 14.1 Å². The summed E-state index contributed by atoms with van der Waals surface area (Å²) in [5.74, 6) is -0.607. The lowest BCUT2D eigenvalue weighted by Crippen LogP contribution is -2.51. The predicted octanol–water partition coefficient (Wildman–Crippen LogP) is 10.6. The highest BCUT2D eigenvalue weighted by molar-refractivity contribution is 5.77. The topological polar surface area (TPSA) is 93.1 Å². The molecule has 0 heterocycles. The number of carbonyl (C=O) groups excluding carboxylic acids is 3. The van der Waals surface area contributed by atoms with Crippen LogP contribution in [0.25, 0.3) is 0 Å². The zero-order valence-corrected chi connectivity index (χ0v) is 35.4. The van der Waals surface area contributed by atoms with Gasteiger partial charge in [0, 0.05) is 12.8 Å². The Balaban J connectivity index is 4.23. The number of hydrogen-bond acceptors (Lipinski definition) is 6. The van der Waals surface area contributed by atoms with Crippen LogP contribution in [0.1, 0.15) is 168 Å². The molecule has 0 unspecified atom stereocenters. The van der Waals surface area contributed by atoms with E-state index in [1.54, 1.807) is 4.90 Å². The van der Waals surface area contributed by atoms with Crippen molar-refractivity contribution in [2.75, 3.05) is 60.1 Å². The Labute approximate surface area is 332 Å². The molecule has 0 aliphatic heterocycles. The Morgan fingerprint density at radius 3 is 1.30 bits per heavy atom. The van der Waals surface area contributed by atoms with E-state index in [0.29, 0.717) is 23.9 Å². The smallest absolute Gasteiger partial charge is 0.305 e. The van der Waals surface area contributed by atoms with Gasteiger partial charge >= 0.3 is 11.9 Å². The number of carbonyl (C=O) groups is 3. The van der Waals surface area contributed by atoms with Crippen LogP contribution in [0, 0.1) is 0 Å². The van der Waals surface area contributed by atoms with Crippen molar-refractivity contribution in [3.8, 4) is 0 Å². The fraction of sp³-hybridized carbons (Fsp3) is 0.761. The molecule has 312 valence electrons. The van der Waals surface area contributed by atoms with Gasteiger partial charge in [0.25, 0.3) is 5.91 Å². The average Bonchev–Trinajstić information content (AvgIpc) is 3.13. The van der Waals surface area contributed by atoms with Crippen LogP contribution in [-0.4, -0.2) is 92.4 Å². The number of ether oxygens (including phenoxy) is 2. The van der Waals surface area contributed by atoms with Gasteiger partial charge in [-0.05, 0) is 77.0 Å². The molecule has 0 atom stereocenters. The van der Waals surface area contributed by atoms with Crippen molar-refractivity contribution in [3.63, 3.8) is 0 Å². The molecule has 0 saturated carbocycles. The first-order valence-electron chi connectivity index (χ1n) is 21.9. The molecule has 0 aromatic carbocycles. The highest BCUT2D eigenvalue weighted by Gasteiger charge is 2.24. The molecule has 1 amide bonds. The quantitative estimate of drug-likeness (QED) is 0.0292. The Bertz CT molecular complexity index is 955. The molecule has 0 rings (SSSR count). The zero-order valence-electron chi connectivity index (χ0n) is 35.4. The molecule has 0 spiro atoms. The maximum atomic E-state index is 13.2. The SMILES string of the molecule is CCCCC/C=C/C/C=C/CCCCCCCC(=O)OCCN(CCOC(=O)CCCCCCC/C=C/C/C=C/CCCCC)C(=O)C[N+](C)(C)CCO. The lowest BCUT2D eigenvalue weighted by Gasteiger charge is -2.31. The van der Waals surface area contributed by atoms with E-state index in [2.05, 4.69) is 62.5 Å². The molecular formula is C46H83N2O6+. The third kappa shape index (κ3) is 36.3. The van der Waals surface area contributed by atoms with Crippen LogP contribution in [0.5, 0.6) is 0 Å². The van der Waals surface area contributed by atoms with E-state index in [1.165, 1.54) is 64.2 Å². The number of aliphatic hydroxyl groups excluding tert-OH is 1. The summed E-state index contributed by atoms with van der Waals surface area (Å²) < 4.78 is 11.3. The van der Waals surface area contributed by atoms with Crippen LogP contribution in [0.2, 0.25) is 0 Å². The van der Waals surface area contributed by atoms with Crippen molar-refractivity contribution in [1.29, 1.82) is 0 Å². The lowest BCUT2D eigenvalue weighted by molar-refractivity contribution is -0.883. The predicted molar refractivity (Wildman–Crippen MR) is 226 cm³/mol. The molecule has 8 heteroatoms. The minimum Gasteiger partial charge on any atom is -0.464 e. The van der Waals surface area contributed by atoms with E-state index in [4.69, 9.17) is 9.47 Å². The molecule has 0 fully saturated rings. The van der Waals surface area contributed by atoms with Crippen LogP contribution in [0.4, 0.5) is 0 Å². The summed E-state index contributed by atoms with van der Waals surface area (Å²) in [4.78, 5) is 39.5. The number of allylic oxidation sites excluding steroid dienone is 8. The third-order valence-corrected chi connectivity index (χ3v) is 9.53. The van der Waals surface area contributed by atoms with Crippen molar-refractivity contribution < 1.29 is 33.4 Å². The second-order valence-electron chi connectivity index (χ2n) is 15.3. The van der Waals surface area contributed by atoms with Gasteiger partial charge in [-0.25, -0.2) is 0 Å². The fourth-order valence-electron chi connectivity index (χ4n) is 6.02. The van der Waals surface area contributed by atoms with Gasteiger partial charge < -0.3 is 24.0 Å². The maximum absolute atomic E-state index is 13.2. The van der Waals surface area contributed by atoms with Crippen LogP contribution >= 0.6 is 0 Å². The number of nitrogens with zero attached hydrogens (tertiary/aromatic N) is 2. The summed E-state index contributed by atoms with van der Waals surface area (Å²) in [5.41, 5.74) is 0. The molecule has 0 aromatic heterocycles. The number of quaternary nitrogens is 1. The van der Waals surface area contributed by atoms with Gasteiger partial charge in [-0.1, -0.05) is 127 Å². The Morgan fingerprint density at radius 2 is 0.907 bits per heavy atom. The number of likely N-dealkylation sites (N-methyl/N-ethyl adjacent to an activating group) is 1. The van der Waals surface area contributed by atoms with Crippen LogP contribution in [0.15, 0.2) is 48.6 Å². The second kappa shape index (κ2) is 38.6. The minimum atomic E-state index is -0.242. The van der Waals surface area contributed by atoms with Crippen LogP contribution < -0.4 is 0 Å². The summed E-state index contributed by atoms with van der Waals surface area (Å²) in [7, 11) is 3.78. The van der Waals surface area contributed by atoms with Crippen molar-refractivity contribution in [2.24, 2.45) is 0 Å². The molecule has 0 aliphatic rings. The number of amides is 1. The molecule has 8 nitrogen and oxygen atoms in total. The molecule has 0 saturated heterocycles. The summed E-state index contributed by atoms with van der Waals surface area (Å²) in [6.45, 7) is 5.80. The molecule has 1 N–H and O–H groups in total. The zero-order chi connectivity index (χ0) is 39.8. The number of unbranched alkanes of at least 4 members (excludes halogenated alkanes) is 16. The number of esters is 2. The van der Waals surface area contributed by atoms with Crippen molar-refractivity contribution in [2.45, 2.75) is 168 Å². The van der Waals surface area contributed by atoms with Crippen LogP contribution in [-0.2, 0) is 23.9 Å². The second-order valence-corrected chi connectivity index (χ2v) is 15.3. The van der Waals surface area contributed by atoms with E-state index in [9.17, 15) is 19.5 Å². The number of hydrogen-bond donors (Lipinski definition) is 1. The van der Waals surface area contributed by atoms with Gasteiger partial charge in [0.1, 0.15) is 19.8 Å². The molecule has 0 aromatic rings. The third-order valence-electron chi connectivity index (χ3n) is 9.53. The highest BCUT2D eigenvalue weighted by Crippen LogP contribution is 2.11. The van der Waals surface area contributed by atoms with E-state index in [0.717, 1.165) is 77.0 Å². The first-order valence-corrected chi connectivity index (χ1v) is 21.9. The van der Waals surface area contributed by atoms with Crippen LogP contribution in [0.3, 0.4) is 0 Å². The van der Waals surface area contributed by atoms with Gasteiger partial charge in [0.2, 0.25) is 0 Å². The minimum absolute atomic E-state index is 0.0160.